The zero-order valence-electron chi connectivity index (χ0n) is 16.0. The molecule has 0 aliphatic heterocycles. The van der Waals surface area contributed by atoms with Gasteiger partial charge in [-0.1, -0.05) is 36.4 Å². The maximum Gasteiger partial charge on any atom is 0.270 e. The topological polar surface area (TPSA) is 98.3 Å². The smallest absolute Gasteiger partial charge is 0.269 e. The maximum atomic E-state index is 13.3. The van der Waals surface area contributed by atoms with Crippen molar-refractivity contribution in [1.29, 1.82) is 0 Å². The van der Waals surface area contributed by atoms with Gasteiger partial charge in [-0.3, -0.25) is 14.8 Å². The molecule has 0 bridgehead atoms. The summed E-state index contributed by atoms with van der Waals surface area (Å²) in [6.07, 6.45) is 2.16. The van der Waals surface area contributed by atoms with Crippen LogP contribution in [0.1, 0.15) is 18.2 Å². The summed E-state index contributed by atoms with van der Waals surface area (Å²) in [6.45, 7) is 2.92. The molecule has 1 heterocycles. The number of benzene rings is 2. The van der Waals surface area contributed by atoms with E-state index in [0.717, 1.165) is 17.3 Å². The molecule has 0 amide bonds. The molecule has 0 fully saturated rings. The second kappa shape index (κ2) is 8.97. The highest BCUT2D eigenvalue weighted by Gasteiger charge is 2.27. The largest absolute Gasteiger partial charge is 0.270 e. The zero-order chi connectivity index (χ0) is 20.9. The quantitative estimate of drug-likeness (QED) is 0.395. The van der Waals surface area contributed by atoms with Gasteiger partial charge in [0.25, 0.3) is 5.69 Å². The second-order valence-corrected chi connectivity index (χ2v) is 8.40. The third kappa shape index (κ3) is 4.87. The lowest BCUT2D eigenvalue weighted by atomic mass is 10.1. The summed E-state index contributed by atoms with van der Waals surface area (Å²) in [5.74, 6) is 0. The van der Waals surface area contributed by atoms with Crippen molar-refractivity contribution < 1.29 is 13.3 Å². The van der Waals surface area contributed by atoms with E-state index in [0.29, 0.717) is 13.0 Å². The van der Waals surface area contributed by atoms with Gasteiger partial charge in [0.15, 0.2) is 0 Å². The average molecular weight is 414 g/mol. The van der Waals surface area contributed by atoms with Gasteiger partial charge in [0.05, 0.1) is 22.1 Å². The second-order valence-electron chi connectivity index (χ2n) is 6.47. The summed E-state index contributed by atoms with van der Waals surface area (Å²) < 4.78 is 29.7. The molecule has 0 aliphatic rings. The van der Waals surface area contributed by atoms with Gasteiger partial charge >= 0.3 is 0 Å². The normalized spacial score (nSPS) is 11.7. The van der Waals surface area contributed by atoms with Crippen LogP contribution in [-0.2, 0) is 29.5 Å². The molecule has 0 radical (unpaired) electrons. The highest BCUT2D eigenvalue weighted by atomic mass is 32.2. The Labute approximate surface area is 169 Å². The standard InChI is InChI=1S/C20H22N4O4S/c1-2-23-19(11-13-21-23)16-22(14-12-17-7-4-3-5-8-17)29(27,28)20-10-6-9-18(15-20)24(25)26/h3-11,13,15H,2,12,14,16H2,1H3. The SMILES string of the molecule is CCn1nccc1CN(CCc1ccccc1)S(=O)(=O)c1cccc([N+](=O)[O-])c1. The van der Waals surface area contributed by atoms with E-state index in [1.54, 1.807) is 16.9 Å². The number of nitro benzene ring substituents is 1. The molecule has 1 aromatic heterocycles. The van der Waals surface area contributed by atoms with Crippen LogP contribution in [0.5, 0.6) is 0 Å². The number of aryl methyl sites for hydroxylation is 1. The minimum absolute atomic E-state index is 0.0951. The Balaban J connectivity index is 1.94. The fourth-order valence-corrected chi connectivity index (χ4v) is 4.50. The van der Waals surface area contributed by atoms with Gasteiger partial charge < -0.3 is 0 Å². The first-order valence-corrected chi connectivity index (χ1v) is 10.6. The molecule has 0 spiro atoms. The third-order valence-electron chi connectivity index (χ3n) is 4.60. The van der Waals surface area contributed by atoms with Crippen molar-refractivity contribution in [3.8, 4) is 0 Å². The molecule has 3 rings (SSSR count). The molecule has 9 heteroatoms. The summed E-state index contributed by atoms with van der Waals surface area (Å²) in [5, 5.41) is 15.3. The van der Waals surface area contributed by atoms with E-state index < -0.39 is 14.9 Å². The van der Waals surface area contributed by atoms with Gasteiger partial charge in [0.1, 0.15) is 0 Å². The van der Waals surface area contributed by atoms with E-state index in [4.69, 9.17) is 0 Å². The van der Waals surface area contributed by atoms with Crippen LogP contribution in [0.3, 0.4) is 0 Å². The molecule has 0 saturated carbocycles. The molecule has 0 N–H and O–H groups in total. The van der Waals surface area contributed by atoms with Crippen molar-refractivity contribution in [2.24, 2.45) is 0 Å². The maximum absolute atomic E-state index is 13.3. The predicted molar refractivity (Wildman–Crippen MR) is 109 cm³/mol. The molecule has 3 aromatic rings. The Morgan fingerprint density at radius 3 is 2.55 bits per heavy atom. The molecule has 8 nitrogen and oxygen atoms in total. The average Bonchev–Trinajstić information content (AvgIpc) is 3.19. The molecular weight excluding hydrogens is 392 g/mol. The first kappa shape index (κ1) is 20.7. The van der Waals surface area contributed by atoms with Gasteiger partial charge in [-0.25, -0.2) is 8.42 Å². The molecule has 0 unspecified atom stereocenters. The lowest BCUT2D eigenvalue weighted by Gasteiger charge is -2.22. The third-order valence-corrected chi connectivity index (χ3v) is 6.44. The van der Waals surface area contributed by atoms with Crippen molar-refractivity contribution in [3.05, 3.63) is 88.2 Å². The number of nitrogens with zero attached hydrogens (tertiary/aromatic N) is 4. The fraction of sp³-hybridized carbons (Fsp3) is 0.250. The molecular formula is C20H22N4O4S. The lowest BCUT2D eigenvalue weighted by Crippen LogP contribution is -2.33. The number of non-ortho nitro benzene ring substituents is 1. The van der Waals surface area contributed by atoms with Crippen LogP contribution in [0.15, 0.2) is 71.8 Å². The number of rotatable bonds is 9. The first-order valence-electron chi connectivity index (χ1n) is 9.21. The van der Waals surface area contributed by atoms with Crippen molar-refractivity contribution in [2.75, 3.05) is 6.54 Å². The van der Waals surface area contributed by atoms with Crippen LogP contribution in [0.4, 0.5) is 5.69 Å². The monoisotopic (exact) mass is 414 g/mol. The van der Waals surface area contributed by atoms with Gasteiger partial charge in [-0.15, -0.1) is 0 Å². The highest BCUT2D eigenvalue weighted by Crippen LogP contribution is 2.23. The Morgan fingerprint density at radius 1 is 1.10 bits per heavy atom. The van der Waals surface area contributed by atoms with Gasteiger partial charge in [-0.2, -0.15) is 9.40 Å². The Kier molecular flexibility index (Phi) is 6.40. The van der Waals surface area contributed by atoms with E-state index in [-0.39, 0.29) is 23.7 Å². The van der Waals surface area contributed by atoms with E-state index in [1.165, 1.54) is 22.5 Å². The molecule has 0 saturated heterocycles. The Bertz CT molecular complexity index is 1080. The van der Waals surface area contributed by atoms with E-state index in [2.05, 4.69) is 5.10 Å². The van der Waals surface area contributed by atoms with Crippen LogP contribution < -0.4 is 0 Å². The number of hydrogen-bond donors (Lipinski definition) is 0. The predicted octanol–water partition coefficient (Wildman–Crippen LogP) is 3.24. The van der Waals surface area contributed by atoms with Crippen molar-refractivity contribution in [3.63, 3.8) is 0 Å². The van der Waals surface area contributed by atoms with Crippen molar-refractivity contribution in [1.82, 2.24) is 14.1 Å². The van der Waals surface area contributed by atoms with Crippen molar-refractivity contribution >= 4 is 15.7 Å². The highest BCUT2D eigenvalue weighted by molar-refractivity contribution is 7.89. The first-order chi connectivity index (χ1) is 13.9. The lowest BCUT2D eigenvalue weighted by molar-refractivity contribution is -0.385. The van der Waals surface area contributed by atoms with Gasteiger partial charge in [-0.05, 0) is 31.0 Å². The van der Waals surface area contributed by atoms with Crippen LogP contribution in [0.25, 0.3) is 0 Å². The molecule has 152 valence electrons. The van der Waals surface area contributed by atoms with Gasteiger partial charge in [0, 0.05) is 31.4 Å². The number of aromatic nitrogens is 2. The summed E-state index contributed by atoms with van der Waals surface area (Å²) in [7, 11) is -3.94. The zero-order valence-corrected chi connectivity index (χ0v) is 16.8. The molecule has 2 aromatic carbocycles. The Morgan fingerprint density at radius 2 is 1.86 bits per heavy atom. The van der Waals surface area contributed by atoms with Crippen LogP contribution >= 0.6 is 0 Å². The van der Waals surface area contributed by atoms with Crippen molar-refractivity contribution in [2.45, 2.75) is 31.3 Å². The Hall–Kier alpha value is -3.04. The van der Waals surface area contributed by atoms with E-state index in [9.17, 15) is 18.5 Å². The summed E-state index contributed by atoms with van der Waals surface area (Å²) in [5.41, 5.74) is 1.51. The minimum Gasteiger partial charge on any atom is -0.269 e. The summed E-state index contributed by atoms with van der Waals surface area (Å²) in [6, 6.07) is 16.5. The van der Waals surface area contributed by atoms with E-state index >= 15 is 0 Å². The number of nitro groups is 1. The summed E-state index contributed by atoms with van der Waals surface area (Å²) in [4.78, 5) is 10.4. The minimum atomic E-state index is -3.94. The van der Waals surface area contributed by atoms with E-state index in [1.807, 2.05) is 37.3 Å². The summed E-state index contributed by atoms with van der Waals surface area (Å²) >= 11 is 0. The van der Waals surface area contributed by atoms with Crippen LogP contribution in [0, 0.1) is 10.1 Å². The van der Waals surface area contributed by atoms with Gasteiger partial charge in [0.2, 0.25) is 10.0 Å². The number of hydrogen-bond acceptors (Lipinski definition) is 5. The fourth-order valence-electron chi connectivity index (χ4n) is 3.05. The van der Waals surface area contributed by atoms with Crippen LogP contribution in [0.2, 0.25) is 0 Å². The number of sulfonamides is 1. The molecule has 0 atom stereocenters. The molecule has 29 heavy (non-hydrogen) atoms. The molecule has 0 aliphatic carbocycles. The van der Waals surface area contributed by atoms with Crippen LogP contribution in [-0.4, -0.2) is 34.0 Å².